The van der Waals surface area contributed by atoms with Crippen LogP contribution in [0.2, 0.25) is 0 Å². The summed E-state index contributed by atoms with van der Waals surface area (Å²) in [5.74, 6) is 1.48. The average Bonchev–Trinajstić information content (AvgIpc) is 2.54. The van der Waals surface area contributed by atoms with Gasteiger partial charge in [0.15, 0.2) is 11.5 Å². The van der Waals surface area contributed by atoms with Gasteiger partial charge in [-0.05, 0) is 46.9 Å². The first-order valence-corrected chi connectivity index (χ1v) is 7.54. The Hall–Kier alpha value is -1.96. The van der Waals surface area contributed by atoms with E-state index in [9.17, 15) is 4.79 Å². The van der Waals surface area contributed by atoms with Crippen LogP contribution in [0, 0.1) is 3.57 Å². The van der Waals surface area contributed by atoms with Crippen LogP contribution in [-0.4, -0.2) is 27.2 Å². The molecule has 0 aromatic heterocycles. The molecule has 0 heterocycles. The number of anilines is 1. The maximum absolute atomic E-state index is 12.4. The van der Waals surface area contributed by atoms with Gasteiger partial charge in [0.2, 0.25) is 0 Å². The molecule has 22 heavy (non-hydrogen) atoms. The van der Waals surface area contributed by atoms with Gasteiger partial charge < -0.3 is 19.5 Å². The molecule has 6 heteroatoms. The minimum atomic E-state index is -0.247. The molecule has 0 fully saturated rings. The molecule has 0 radical (unpaired) electrons. The number of hydrogen-bond donors (Lipinski definition) is 1. The lowest BCUT2D eigenvalue weighted by molar-refractivity contribution is 0.102. The molecule has 0 saturated carbocycles. The molecule has 0 unspecified atom stereocenters. The topological polar surface area (TPSA) is 56.8 Å². The molecule has 0 aliphatic rings. The van der Waals surface area contributed by atoms with Crippen LogP contribution >= 0.6 is 22.6 Å². The molecule has 0 atom stereocenters. The first-order chi connectivity index (χ1) is 10.6. The van der Waals surface area contributed by atoms with Crippen LogP contribution in [0.15, 0.2) is 36.4 Å². The van der Waals surface area contributed by atoms with Crippen LogP contribution in [0.5, 0.6) is 17.2 Å². The van der Waals surface area contributed by atoms with Gasteiger partial charge in [-0.15, -0.1) is 0 Å². The van der Waals surface area contributed by atoms with Gasteiger partial charge in [-0.3, -0.25) is 4.79 Å². The Bertz CT molecular complexity index is 688. The third-order valence-corrected chi connectivity index (χ3v) is 3.85. The summed E-state index contributed by atoms with van der Waals surface area (Å²) in [4.78, 5) is 12.4. The fourth-order valence-electron chi connectivity index (χ4n) is 1.99. The number of rotatable bonds is 5. The molecule has 116 valence electrons. The lowest BCUT2D eigenvalue weighted by atomic mass is 10.1. The second-order valence-corrected chi connectivity index (χ2v) is 5.51. The molecule has 0 aliphatic carbocycles. The Morgan fingerprint density at radius 2 is 1.68 bits per heavy atom. The lowest BCUT2D eigenvalue weighted by Gasteiger charge is -2.13. The van der Waals surface area contributed by atoms with Gasteiger partial charge in [0.05, 0.1) is 30.6 Å². The van der Waals surface area contributed by atoms with Crippen molar-refractivity contribution < 1.29 is 19.0 Å². The molecule has 0 spiro atoms. The number of methoxy groups -OCH3 is 3. The molecule has 2 rings (SSSR count). The Labute approximate surface area is 142 Å². The van der Waals surface area contributed by atoms with E-state index in [1.807, 2.05) is 12.1 Å². The van der Waals surface area contributed by atoms with Gasteiger partial charge >= 0.3 is 0 Å². The third kappa shape index (κ3) is 3.44. The summed E-state index contributed by atoms with van der Waals surface area (Å²) < 4.78 is 16.6. The minimum Gasteiger partial charge on any atom is -0.495 e. The molecule has 1 amide bonds. The molecule has 0 bridgehead atoms. The summed E-state index contributed by atoms with van der Waals surface area (Å²) in [5, 5.41) is 2.83. The number of amides is 1. The summed E-state index contributed by atoms with van der Waals surface area (Å²) in [7, 11) is 4.66. The Morgan fingerprint density at radius 3 is 2.32 bits per heavy atom. The highest BCUT2D eigenvalue weighted by Crippen LogP contribution is 2.34. The van der Waals surface area contributed by atoms with E-state index >= 15 is 0 Å². The van der Waals surface area contributed by atoms with Gasteiger partial charge in [0, 0.05) is 5.56 Å². The fraction of sp³-hybridized carbons (Fsp3) is 0.188. The van der Waals surface area contributed by atoms with E-state index in [0.717, 1.165) is 3.57 Å². The second kappa shape index (κ2) is 7.35. The number of halogens is 1. The van der Waals surface area contributed by atoms with Crippen LogP contribution < -0.4 is 19.5 Å². The summed E-state index contributed by atoms with van der Waals surface area (Å²) in [5.41, 5.74) is 1.09. The van der Waals surface area contributed by atoms with Crippen molar-refractivity contribution in [2.24, 2.45) is 0 Å². The van der Waals surface area contributed by atoms with E-state index in [0.29, 0.717) is 28.5 Å². The van der Waals surface area contributed by atoms with E-state index in [2.05, 4.69) is 27.9 Å². The molecule has 2 aromatic carbocycles. The highest BCUT2D eigenvalue weighted by Gasteiger charge is 2.16. The Balaban J connectivity index is 2.32. The van der Waals surface area contributed by atoms with E-state index in [1.54, 1.807) is 38.5 Å². The van der Waals surface area contributed by atoms with Crippen molar-refractivity contribution in [1.82, 2.24) is 0 Å². The molecule has 1 N–H and O–H groups in total. The predicted octanol–water partition coefficient (Wildman–Crippen LogP) is 3.57. The number of carbonyl (C=O) groups is 1. The minimum absolute atomic E-state index is 0.247. The van der Waals surface area contributed by atoms with Crippen molar-refractivity contribution in [3.63, 3.8) is 0 Å². The van der Waals surface area contributed by atoms with Gasteiger partial charge in [-0.1, -0.05) is 12.1 Å². The molecule has 2 aromatic rings. The maximum Gasteiger partial charge on any atom is 0.255 e. The quantitative estimate of drug-likeness (QED) is 0.762. The monoisotopic (exact) mass is 413 g/mol. The van der Waals surface area contributed by atoms with Gasteiger partial charge in [-0.25, -0.2) is 0 Å². The number of benzene rings is 2. The van der Waals surface area contributed by atoms with Crippen molar-refractivity contribution in [3.8, 4) is 17.2 Å². The van der Waals surface area contributed by atoms with E-state index in [4.69, 9.17) is 14.2 Å². The Kier molecular flexibility index (Phi) is 5.48. The van der Waals surface area contributed by atoms with Gasteiger partial charge in [0.25, 0.3) is 5.91 Å². The van der Waals surface area contributed by atoms with Crippen molar-refractivity contribution >= 4 is 34.2 Å². The SMILES string of the molecule is COc1ccccc1NC(=O)c1cc(I)c(OC)c(OC)c1. The fourth-order valence-corrected chi connectivity index (χ4v) is 2.81. The summed E-state index contributed by atoms with van der Waals surface area (Å²) in [6.45, 7) is 0. The van der Waals surface area contributed by atoms with Crippen molar-refractivity contribution in [2.45, 2.75) is 0 Å². The third-order valence-electron chi connectivity index (χ3n) is 3.05. The summed E-state index contributed by atoms with van der Waals surface area (Å²) >= 11 is 2.10. The number of carbonyl (C=O) groups excluding carboxylic acids is 1. The first-order valence-electron chi connectivity index (χ1n) is 6.46. The highest BCUT2D eigenvalue weighted by molar-refractivity contribution is 14.1. The van der Waals surface area contributed by atoms with Gasteiger partial charge in [-0.2, -0.15) is 0 Å². The van der Waals surface area contributed by atoms with Gasteiger partial charge in [0.1, 0.15) is 5.75 Å². The lowest BCUT2D eigenvalue weighted by Crippen LogP contribution is -2.13. The molecular formula is C16H16INO4. The predicted molar refractivity (Wildman–Crippen MR) is 93.2 cm³/mol. The number of nitrogens with one attached hydrogen (secondary N) is 1. The van der Waals surface area contributed by atoms with Crippen LogP contribution in [0.1, 0.15) is 10.4 Å². The largest absolute Gasteiger partial charge is 0.495 e. The molecule has 0 aliphatic heterocycles. The van der Waals surface area contributed by atoms with E-state index in [1.165, 1.54) is 7.11 Å². The second-order valence-electron chi connectivity index (χ2n) is 4.35. The van der Waals surface area contributed by atoms with Crippen molar-refractivity contribution in [1.29, 1.82) is 0 Å². The van der Waals surface area contributed by atoms with E-state index in [-0.39, 0.29) is 5.91 Å². The number of ether oxygens (including phenoxy) is 3. The van der Waals surface area contributed by atoms with Crippen LogP contribution in [0.4, 0.5) is 5.69 Å². The van der Waals surface area contributed by atoms with Crippen LogP contribution in [-0.2, 0) is 0 Å². The normalized spacial score (nSPS) is 10.0. The molecule has 0 saturated heterocycles. The van der Waals surface area contributed by atoms with Crippen molar-refractivity contribution in [3.05, 3.63) is 45.5 Å². The average molecular weight is 413 g/mol. The Morgan fingerprint density at radius 1 is 1.00 bits per heavy atom. The van der Waals surface area contributed by atoms with Crippen LogP contribution in [0.25, 0.3) is 0 Å². The summed E-state index contributed by atoms with van der Waals surface area (Å²) in [6, 6.07) is 10.6. The number of hydrogen-bond acceptors (Lipinski definition) is 4. The summed E-state index contributed by atoms with van der Waals surface area (Å²) in [6.07, 6.45) is 0. The van der Waals surface area contributed by atoms with E-state index < -0.39 is 0 Å². The standard InChI is InChI=1S/C16H16INO4/c1-20-13-7-5-4-6-12(13)18-16(19)10-8-11(17)15(22-3)14(9-10)21-2/h4-9H,1-3H3,(H,18,19). The van der Waals surface area contributed by atoms with Crippen molar-refractivity contribution in [2.75, 3.05) is 26.6 Å². The highest BCUT2D eigenvalue weighted by atomic mass is 127. The molecular weight excluding hydrogens is 397 g/mol. The maximum atomic E-state index is 12.4. The molecule has 5 nitrogen and oxygen atoms in total. The van der Waals surface area contributed by atoms with Crippen LogP contribution in [0.3, 0.4) is 0 Å². The smallest absolute Gasteiger partial charge is 0.255 e. The number of para-hydroxylation sites is 2. The first kappa shape index (κ1) is 16.4. The zero-order valence-corrected chi connectivity index (χ0v) is 14.6. The zero-order chi connectivity index (χ0) is 16.1. The zero-order valence-electron chi connectivity index (χ0n) is 12.5.